The molecule has 0 unspecified atom stereocenters. The Morgan fingerprint density at radius 2 is 2.06 bits per heavy atom. The van der Waals surface area contributed by atoms with Crippen molar-refractivity contribution in [1.29, 1.82) is 0 Å². The largest absolute Gasteiger partial charge is 0.342 e. The molecule has 2 fully saturated rings. The zero-order valence-corrected chi connectivity index (χ0v) is 9.66. The van der Waals surface area contributed by atoms with Crippen molar-refractivity contribution in [2.24, 2.45) is 0 Å². The molecule has 90 valence electrons. The highest BCUT2D eigenvalue weighted by molar-refractivity contribution is 5.47. The fraction of sp³-hybridized carbons (Fsp3) is 0.462. The molecule has 0 spiro atoms. The summed E-state index contributed by atoms with van der Waals surface area (Å²) in [4.78, 5) is 18.5. The van der Waals surface area contributed by atoms with Gasteiger partial charge in [-0.1, -0.05) is 30.3 Å². The summed E-state index contributed by atoms with van der Waals surface area (Å²) >= 11 is 0. The number of fused-ring (bicyclic) bond motifs is 1. The van der Waals surface area contributed by atoms with E-state index in [9.17, 15) is 4.79 Å². The average molecular weight is 232 g/mol. The Morgan fingerprint density at radius 3 is 2.82 bits per heavy atom. The number of carbonyl (C=O) groups excluding carboxylic acids is 1. The van der Waals surface area contributed by atoms with Gasteiger partial charge in [-0.25, -0.2) is 0 Å². The van der Waals surface area contributed by atoms with Gasteiger partial charge in [0.05, 0.1) is 6.04 Å². The summed E-state index contributed by atoms with van der Waals surface area (Å²) < 4.78 is 0. The van der Waals surface area contributed by atoms with Gasteiger partial charge >= 0.3 is 0 Å². The van der Waals surface area contributed by atoms with E-state index < -0.39 is 0 Å². The smallest absolute Gasteiger partial charge is 0.209 e. The zero-order valence-electron chi connectivity index (χ0n) is 9.66. The normalized spacial score (nSPS) is 29.1. The van der Waals surface area contributed by atoms with E-state index >= 15 is 0 Å². The highest BCUT2D eigenvalue weighted by atomic mass is 16.7. The molecule has 3 rings (SSSR count). The first-order chi connectivity index (χ1) is 8.36. The van der Waals surface area contributed by atoms with Gasteiger partial charge in [-0.3, -0.25) is 9.63 Å². The Bertz CT molecular complexity index is 396. The lowest BCUT2D eigenvalue weighted by atomic mass is 10.0. The molecule has 2 atom stereocenters. The fourth-order valence-corrected chi connectivity index (χ4v) is 2.61. The lowest BCUT2D eigenvalue weighted by Gasteiger charge is -2.33. The summed E-state index contributed by atoms with van der Waals surface area (Å²) in [5.74, 6) is 0. The summed E-state index contributed by atoms with van der Waals surface area (Å²) in [6.07, 6.45) is 2.05. The van der Waals surface area contributed by atoms with Gasteiger partial charge in [0.25, 0.3) is 0 Å². The monoisotopic (exact) mass is 232 g/mol. The van der Waals surface area contributed by atoms with Crippen molar-refractivity contribution in [3.8, 4) is 0 Å². The fourth-order valence-electron chi connectivity index (χ4n) is 2.61. The Morgan fingerprint density at radius 1 is 1.24 bits per heavy atom. The predicted molar refractivity (Wildman–Crippen MR) is 63.0 cm³/mol. The van der Waals surface area contributed by atoms with Gasteiger partial charge in [-0.15, -0.1) is 0 Å². The SMILES string of the molecule is O=CN1CCN2O[C@H](c3ccccc3)C[C@H]2C1. The van der Waals surface area contributed by atoms with Crippen molar-refractivity contribution in [2.45, 2.75) is 18.6 Å². The van der Waals surface area contributed by atoms with E-state index in [0.29, 0.717) is 6.04 Å². The standard InChI is InChI=1S/C13H16N2O2/c16-10-14-6-7-15-12(9-14)8-13(17-15)11-4-2-1-3-5-11/h1-5,10,12-13H,6-9H2/t12-,13-/m0/s1. The molecule has 4 nitrogen and oxygen atoms in total. The molecule has 0 aliphatic carbocycles. The van der Waals surface area contributed by atoms with Gasteiger partial charge in [0.1, 0.15) is 6.10 Å². The Hall–Kier alpha value is -1.39. The second-order valence-corrected chi connectivity index (χ2v) is 4.64. The van der Waals surface area contributed by atoms with E-state index in [4.69, 9.17) is 4.84 Å². The minimum absolute atomic E-state index is 0.146. The van der Waals surface area contributed by atoms with Crippen LogP contribution in [0.1, 0.15) is 18.1 Å². The van der Waals surface area contributed by atoms with Crippen molar-refractivity contribution in [1.82, 2.24) is 9.96 Å². The Kier molecular flexibility index (Phi) is 2.82. The van der Waals surface area contributed by atoms with E-state index in [2.05, 4.69) is 12.1 Å². The number of hydroxylamine groups is 2. The van der Waals surface area contributed by atoms with Crippen molar-refractivity contribution in [3.05, 3.63) is 35.9 Å². The molecule has 2 saturated heterocycles. The van der Waals surface area contributed by atoms with Crippen molar-refractivity contribution < 1.29 is 9.63 Å². The van der Waals surface area contributed by atoms with E-state index in [1.165, 1.54) is 5.56 Å². The average Bonchev–Trinajstić information content (AvgIpc) is 2.82. The van der Waals surface area contributed by atoms with Gasteiger partial charge < -0.3 is 4.90 Å². The third-order valence-electron chi connectivity index (χ3n) is 3.53. The summed E-state index contributed by atoms with van der Waals surface area (Å²) in [5.41, 5.74) is 1.22. The van der Waals surface area contributed by atoms with Crippen LogP contribution in [0, 0.1) is 0 Å². The molecule has 2 aliphatic rings. The molecule has 2 heterocycles. The number of carbonyl (C=O) groups is 1. The van der Waals surface area contributed by atoms with Crippen LogP contribution in [0.15, 0.2) is 30.3 Å². The summed E-state index contributed by atoms with van der Waals surface area (Å²) in [6, 6.07) is 10.6. The molecule has 0 aromatic heterocycles. The first-order valence-electron chi connectivity index (χ1n) is 6.04. The maximum Gasteiger partial charge on any atom is 0.209 e. The minimum Gasteiger partial charge on any atom is -0.342 e. The van der Waals surface area contributed by atoms with Crippen LogP contribution in [-0.2, 0) is 9.63 Å². The van der Waals surface area contributed by atoms with Crippen LogP contribution in [0.2, 0.25) is 0 Å². The van der Waals surface area contributed by atoms with Gasteiger partial charge in [0.2, 0.25) is 6.41 Å². The number of rotatable bonds is 2. The second kappa shape index (κ2) is 4.47. The van der Waals surface area contributed by atoms with Crippen LogP contribution in [0.25, 0.3) is 0 Å². The van der Waals surface area contributed by atoms with Crippen molar-refractivity contribution in [2.75, 3.05) is 19.6 Å². The highest BCUT2D eigenvalue weighted by Gasteiger charge is 2.37. The van der Waals surface area contributed by atoms with E-state index in [-0.39, 0.29) is 6.10 Å². The number of piperazine rings is 1. The van der Waals surface area contributed by atoms with Crippen LogP contribution in [0.4, 0.5) is 0 Å². The van der Waals surface area contributed by atoms with Gasteiger partial charge in [0, 0.05) is 19.6 Å². The first kappa shape index (κ1) is 10.7. The zero-order chi connectivity index (χ0) is 11.7. The molecule has 0 saturated carbocycles. The Labute approximate surface area is 101 Å². The molecule has 0 N–H and O–H groups in total. The molecule has 4 heteroatoms. The van der Waals surface area contributed by atoms with Crippen LogP contribution < -0.4 is 0 Å². The van der Waals surface area contributed by atoms with Crippen LogP contribution in [0.3, 0.4) is 0 Å². The molecular weight excluding hydrogens is 216 g/mol. The summed E-state index contributed by atoms with van der Waals surface area (Å²) in [7, 11) is 0. The van der Waals surface area contributed by atoms with Crippen molar-refractivity contribution in [3.63, 3.8) is 0 Å². The molecule has 1 amide bonds. The number of amides is 1. The topological polar surface area (TPSA) is 32.8 Å². The molecular formula is C13H16N2O2. The number of hydrogen-bond acceptors (Lipinski definition) is 3. The van der Waals surface area contributed by atoms with Crippen LogP contribution in [0.5, 0.6) is 0 Å². The maximum atomic E-state index is 10.8. The molecule has 0 radical (unpaired) electrons. The summed E-state index contributed by atoms with van der Waals surface area (Å²) in [6.45, 7) is 2.36. The molecule has 1 aromatic rings. The van der Waals surface area contributed by atoms with Crippen molar-refractivity contribution >= 4 is 6.41 Å². The molecule has 0 bridgehead atoms. The lowest BCUT2D eigenvalue weighted by Crippen LogP contribution is -2.48. The quantitative estimate of drug-likeness (QED) is 0.718. The van der Waals surface area contributed by atoms with Crippen LogP contribution in [-0.4, -0.2) is 42.0 Å². The molecule has 17 heavy (non-hydrogen) atoms. The first-order valence-corrected chi connectivity index (χ1v) is 6.04. The second-order valence-electron chi connectivity index (χ2n) is 4.64. The number of benzene rings is 1. The number of nitrogens with zero attached hydrogens (tertiary/aromatic N) is 2. The van der Waals surface area contributed by atoms with Gasteiger partial charge in [-0.05, 0) is 12.0 Å². The third-order valence-corrected chi connectivity index (χ3v) is 3.53. The van der Waals surface area contributed by atoms with Crippen LogP contribution >= 0.6 is 0 Å². The molecule has 1 aromatic carbocycles. The maximum absolute atomic E-state index is 10.8. The van der Waals surface area contributed by atoms with Gasteiger partial charge in [-0.2, -0.15) is 5.06 Å². The minimum atomic E-state index is 0.146. The number of hydrogen-bond donors (Lipinski definition) is 0. The lowest BCUT2D eigenvalue weighted by molar-refractivity contribution is -0.181. The van der Waals surface area contributed by atoms with E-state index in [1.807, 2.05) is 28.2 Å². The Balaban J connectivity index is 1.71. The van der Waals surface area contributed by atoms with E-state index in [1.54, 1.807) is 0 Å². The summed E-state index contributed by atoms with van der Waals surface area (Å²) in [5, 5.41) is 2.04. The highest BCUT2D eigenvalue weighted by Crippen LogP contribution is 2.34. The van der Waals surface area contributed by atoms with Gasteiger partial charge in [0.15, 0.2) is 0 Å². The third kappa shape index (κ3) is 2.06. The predicted octanol–water partition coefficient (Wildman–Crippen LogP) is 1.21. The van der Waals surface area contributed by atoms with E-state index in [0.717, 1.165) is 32.5 Å². The molecule has 2 aliphatic heterocycles.